The van der Waals surface area contributed by atoms with Crippen molar-refractivity contribution in [3.8, 4) is 0 Å². The van der Waals surface area contributed by atoms with E-state index in [2.05, 4.69) is 5.10 Å². The number of nitrogens with zero attached hydrogens (tertiary/aromatic N) is 2. The summed E-state index contributed by atoms with van der Waals surface area (Å²) in [5, 5.41) is 10.5. The first kappa shape index (κ1) is 24.4. The monoisotopic (exact) mass is 408 g/mol. The molecule has 0 unspecified atom stereocenters. The molecule has 2 N–H and O–H groups in total. The Morgan fingerprint density at radius 2 is 2.00 bits per heavy atom. The number of H-pyrrole nitrogens is 1. The lowest BCUT2D eigenvalue weighted by atomic mass is 9.85. The molecule has 0 spiro atoms. The number of hydrogen-bond donors (Lipinski definition) is 2. The van der Waals surface area contributed by atoms with Crippen LogP contribution < -0.4 is 5.69 Å². The van der Waals surface area contributed by atoms with E-state index in [1.807, 2.05) is 11.9 Å². The molecule has 6 nitrogen and oxygen atoms in total. The number of aromatic nitrogens is 3. The highest BCUT2D eigenvalue weighted by Gasteiger charge is 2.35. The Kier molecular flexibility index (Phi) is 9.82. The molecule has 1 aliphatic rings. The van der Waals surface area contributed by atoms with Crippen molar-refractivity contribution in [1.29, 1.82) is 5.41 Å². The fourth-order valence-electron chi connectivity index (χ4n) is 2.36. The summed E-state index contributed by atoms with van der Waals surface area (Å²) in [5.41, 5.74) is -0.859. The van der Waals surface area contributed by atoms with Crippen molar-refractivity contribution in [3.05, 3.63) is 16.8 Å². The first-order valence-corrected chi connectivity index (χ1v) is 7.77. The minimum atomic E-state index is -4.40. The predicted octanol–water partition coefficient (Wildman–Crippen LogP) is 3.77. The van der Waals surface area contributed by atoms with Crippen LogP contribution in [-0.4, -0.2) is 39.4 Å². The molecular formula is C14H22ClF5N4O2. The maximum Gasteiger partial charge on any atom is 0.408 e. The number of halogens is 6. The summed E-state index contributed by atoms with van der Waals surface area (Å²) in [6.45, 7) is 0.959. The Morgan fingerprint density at radius 3 is 2.42 bits per heavy atom. The Balaban J connectivity index is 0.000000475. The van der Waals surface area contributed by atoms with Gasteiger partial charge in [-0.15, -0.1) is 12.4 Å². The van der Waals surface area contributed by atoms with Crippen molar-refractivity contribution in [2.24, 2.45) is 5.92 Å². The van der Waals surface area contributed by atoms with Crippen LogP contribution in [0.3, 0.4) is 0 Å². The molecule has 1 saturated carbocycles. The lowest BCUT2D eigenvalue weighted by Gasteiger charge is -2.27. The normalized spacial score (nSPS) is 16.8. The molecule has 0 aromatic carbocycles. The van der Waals surface area contributed by atoms with Gasteiger partial charge < -0.3 is 4.74 Å². The molecule has 0 saturated heterocycles. The Morgan fingerprint density at radius 1 is 1.42 bits per heavy atom. The summed E-state index contributed by atoms with van der Waals surface area (Å²) in [6, 6.07) is 0. The van der Waals surface area contributed by atoms with E-state index in [1.54, 1.807) is 0 Å². The van der Waals surface area contributed by atoms with Crippen LogP contribution >= 0.6 is 12.4 Å². The molecule has 0 atom stereocenters. The van der Waals surface area contributed by atoms with E-state index in [0.717, 1.165) is 6.33 Å². The van der Waals surface area contributed by atoms with E-state index in [1.165, 1.54) is 0 Å². The second kappa shape index (κ2) is 10.5. The van der Waals surface area contributed by atoms with Gasteiger partial charge in [0.2, 0.25) is 5.92 Å². The lowest BCUT2D eigenvalue weighted by Crippen LogP contribution is -2.27. The fraction of sp³-hybridized carbons (Fsp3) is 0.786. The minimum Gasteiger partial charge on any atom is -0.481 e. The van der Waals surface area contributed by atoms with Gasteiger partial charge in [-0.25, -0.2) is 18.3 Å². The molecule has 152 valence electrons. The van der Waals surface area contributed by atoms with Crippen molar-refractivity contribution in [2.75, 3.05) is 6.61 Å². The van der Waals surface area contributed by atoms with Gasteiger partial charge in [-0.3, -0.25) is 10.4 Å². The van der Waals surface area contributed by atoms with Gasteiger partial charge in [0.1, 0.15) is 12.9 Å². The van der Waals surface area contributed by atoms with Crippen LogP contribution in [0.15, 0.2) is 11.1 Å². The second-order valence-electron chi connectivity index (χ2n) is 5.73. The van der Waals surface area contributed by atoms with Crippen LogP contribution in [0.5, 0.6) is 0 Å². The minimum absolute atomic E-state index is 0. The van der Waals surface area contributed by atoms with E-state index >= 15 is 0 Å². The average molecular weight is 409 g/mol. The number of alkyl halides is 5. The van der Waals surface area contributed by atoms with E-state index in [4.69, 9.17) is 10.1 Å². The van der Waals surface area contributed by atoms with Crippen LogP contribution in [0, 0.1) is 11.3 Å². The average Bonchev–Trinajstić information content (AvgIpc) is 2.86. The highest BCUT2D eigenvalue weighted by atomic mass is 35.5. The summed E-state index contributed by atoms with van der Waals surface area (Å²) in [4.78, 5) is 12.4. The Labute approximate surface area is 153 Å². The smallest absolute Gasteiger partial charge is 0.408 e. The van der Waals surface area contributed by atoms with Crippen molar-refractivity contribution in [1.82, 2.24) is 14.8 Å². The standard InChI is InChI=1S/C10H17F2NO.C4H4F3N3O.ClH/c1-2-14-9(13)7-8-3-5-10(11,12)6-4-8;5-4(6,7)1-10-3(11)8-2-9-10;/h8,13H,2-7H2,1H3;2H,1H2,(H,8,9,11);1H. The number of rotatable bonds is 4. The first-order chi connectivity index (χ1) is 11.5. The van der Waals surface area contributed by atoms with Crippen LogP contribution in [0.2, 0.25) is 0 Å². The molecule has 1 aromatic rings. The molecule has 0 aliphatic heterocycles. The van der Waals surface area contributed by atoms with Crippen molar-refractivity contribution in [3.63, 3.8) is 0 Å². The SMILES string of the molecule is CCOC(=N)CC1CCC(F)(F)CC1.Cl.O=c1[nH]cnn1CC(F)(F)F. The molecule has 0 radical (unpaired) electrons. The zero-order chi connectivity index (χ0) is 19.1. The highest BCUT2D eigenvalue weighted by molar-refractivity contribution is 5.85. The molecule has 1 aliphatic carbocycles. The first-order valence-electron chi connectivity index (χ1n) is 7.77. The number of hydrogen-bond acceptors (Lipinski definition) is 4. The maximum absolute atomic E-state index is 12.8. The largest absolute Gasteiger partial charge is 0.481 e. The van der Waals surface area contributed by atoms with Gasteiger partial charge in [-0.2, -0.15) is 18.3 Å². The van der Waals surface area contributed by atoms with Gasteiger partial charge in [-0.1, -0.05) is 0 Å². The van der Waals surface area contributed by atoms with E-state index in [0.29, 0.717) is 30.6 Å². The molecule has 0 amide bonds. The van der Waals surface area contributed by atoms with Crippen molar-refractivity contribution in [2.45, 2.75) is 57.7 Å². The van der Waals surface area contributed by atoms with Gasteiger partial charge in [0.15, 0.2) is 5.90 Å². The van der Waals surface area contributed by atoms with E-state index in [9.17, 15) is 26.7 Å². The highest BCUT2D eigenvalue weighted by Crippen LogP contribution is 2.37. The third kappa shape index (κ3) is 9.73. The van der Waals surface area contributed by atoms with Crippen LogP contribution in [0.25, 0.3) is 0 Å². The molecule has 1 aromatic heterocycles. The molecular weight excluding hydrogens is 387 g/mol. The number of aromatic amines is 1. The molecule has 1 fully saturated rings. The van der Waals surface area contributed by atoms with E-state index < -0.39 is 24.3 Å². The number of ether oxygens (including phenoxy) is 1. The third-order valence-corrected chi connectivity index (χ3v) is 3.58. The van der Waals surface area contributed by atoms with Crippen molar-refractivity contribution < 1.29 is 26.7 Å². The summed E-state index contributed by atoms with van der Waals surface area (Å²) < 4.78 is 65.6. The van der Waals surface area contributed by atoms with Gasteiger partial charge in [0.05, 0.1) is 6.61 Å². The summed E-state index contributed by atoms with van der Waals surface area (Å²) in [7, 11) is 0. The topological polar surface area (TPSA) is 83.8 Å². The fourth-order valence-corrected chi connectivity index (χ4v) is 2.36. The van der Waals surface area contributed by atoms with Gasteiger partial charge in [0, 0.05) is 19.3 Å². The predicted molar refractivity (Wildman–Crippen MR) is 87.0 cm³/mol. The Bertz CT molecular complexity index is 593. The summed E-state index contributed by atoms with van der Waals surface area (Å²) >= 11 is 0. The second-order valence-corrected chi connectivity index (χ2v) is 5.73. The molecule has 1 heterocycles. The zero-order valence-electron chi connectivity index (χ0n) is 14.1. The molecule has 2 rings (SSSR count). The van der Waals surface area contributed by atoms with E-state index in [-0.39, 0.29) is 37.1 Å². The third-order valence-electron chi connectivity index (χ3n) is 3.58. The zero-order valence-corrected chi connectivity index (χ0v) is 14.9. The van der Waals surface area contributed by atoms with Gasteiger partial charge >= 0.3 is 11.9 Å². The Hall–Kier alpha value is -1.65. The molecule has 26 heavy (non-hydrogen) atoms. The van der Waals surface area contributed by atoms with Crippen molar-refractivity contribution >= 4 is 18.3 Å². The lowest BCUT2D eigenvalue weighted by molar-refractivity contribution is -0.143. The molecule has 0 bridgehead atoms. The number of nitrogens with one attached hydrogen (secondary N) is 2. The van der Waals surface area contributed by atoms with Gasteiger partial charge in [-0.05, 0) is 25.7 Å². The van der Waals surface area contributed by atoms with Gasteiger partial charge in [0.25, 0.3) is 0 Å². The summed E-state index contributed by atoms with van der Waals surface area (Å²) in [6.07, 6.45) is -2.00. The molecule has 12 heteroatoms. The summed E-state index contributed by atoms with van der Waals surface area (Å²) in [5.74, 6) is -2.01. The quantitative estimate of drug-likeness (QED) is 0.452. The van der Waals surface area contributed by atoms with Crippen LogP contribution in [0.4, 0.5) is 22.0 Å². The van der Waals surface area contributed by atoms with Crippen LogP contribution in [-0.2, 0) is 11.3 Å². The maximum atomic E-state index is 12.8. The van der Waals surface area contributed by atoms with Crippen LogP contribution in [0.1, 0.15) is 39.0 Å².